The fourth-order valence-corrected chi connectivity index (χ4v) is 5.71. The van der Waals surface area contributed by atoms with E-state index in [0.29, 0.717) is 34.8 Å². The van der Waals surface area contributed by atoms with Gasteiger partial charge >= 0.3 is 0 Å². The normalized spacial score (nSPS) is 17.7. The van der Waals surface area contributed by atoms with Crippen molar-refractivity contribution in [3.8, 4) is 11.8 Å². The monoisotopic (exact) mass is 521 g/mol. The molecule has 0 bridgehead atoms. The molecule has 35 heavy (non-hydrogen) atoms. The summed E-state index contributed by atoms with van der Waals surface area (Å²) >= 11 is 13.6. The second-order valence-corrected chi connectivity index (χ2v) is 10.1. The van der Waals surface area contributed by atoms with Crippen LogP contribution in [0.5, 0.6) is 5.75 Å². The number of hydrogen-bond donors (Lipinski definition) is 0. The van der Waals surface area contributed by atoms with Crippen molar-refractivity contribution in [1.82, 2.24) is 4.90 Å². The minimum atomic E-state index is -0.269. The molecule has 3 aromatic rings. The van der Waals surface area contributed by atoms with E-state index in [0.717, 1.165) is 27.6 Å². The molecule has 8 heteroatoms. The van der Waals surface area contributed by atoms with Gasteiger partial charge in [0.25, 0.3) is 0 Å². The van der Waals surface area contributed by atoms with Gasteiger partial charge in [0, 0.05) is 28.1 Å². The maximum atomic E-state index is 13.1. The van der Waals surface area contributed by atoms with Gasteiger partial charge in [0.2, 0.25) is 5.91 Å². The number of benzene rings is 3. The van der Waals surface area contributed by atoms with Gasteiger partial charge in [-0.2, -0.15) is 5.26 Å². The summed E-state index contributed by atoms with van der Waals surface area (Å²) in [6, 6.07) is 25.1. The average Bonchev–Trinajstić information content (AvgIpc) is 2.88. The number of anilines is 1. The zero-order valence-corrected chi connectivity index (χ0v) is 21.0. The lowest BCUT2D eigenvalue weighted by Gasteiger charge is -2.42. The predicted octanol–water partition coefficient (Wildman–Crippen LogP) is 6.79. The molecule has 3 aromatic carbocycles. The molecule has 5 rings (SSSR count). The Morgan fingerprint density at radius 1 is 1.03 bits per heavy atom. The Morgan fingerprint density at radius 2 is 1.80 bits per heavy atom. The number of allylic oxidation sites excluding steroid dienone is 1. The molecule has 1 atom stereocenters. The fraction of sp³-hybridized carbons (Fsp3) is 0.185. The van der Waals surface area contributed by atoms with Crippen molar-refractivity contribution in [2.24, 2.45) is 0 Å². The summed E-state index contributed by atoms with van der Waals surface area (Å²) in [4.78, 5) is 16.9. The highest BCUT2D eigenvalue weighted by Gasteiger charge is 2.38. The number of thioether (sulfide) groups is 1. The summed E-state index contributed by atoms with van der Waals surface area (Å²) in [6.07, 6.45) is 0.251. The summed E-state index contributed by atoms with van der Waals surface area (Å²) < 4.78 is 5.88. The van der Waals surface area contributed by atoms with Gasteiger partial charge in [0.15, 0.2) is 0 Å². The summed E-state index contributed by atoms with van der Waals surface area (Å²) in [6.45, 7) is 0.831. The fourth-order valence-electron chi connectivity index (χ4n) is 4.23. The molecule has 2 aliphatic rings. The SMILES string of the molecule is N#CC1=C2SCN(c3cccc(Cl)c3)CN2C(=O)CC1c1ccc(OCc2ccc(Cl)cc2)cc1. The van der Waals surface area contributed by atoms with E-state index in [1.54, 1.807) is 4.90 Å². The van der Waals surface area contributed by atoms with Gasteiger partial charge in [-0.15, -0.1) is 0 Å². The van der Waals surface area contributed by atoms with Crippen molar-refractivity contribution < 1.29 is 9.53 Å². The second-order valence-electron chi connectivity index (χ2n) is 8.33. The molecule has 0 aliphatic carbocycles. The van der Waals surface area contributed by atoms with Crippen LogP contribution in [0, 0.1) is 11.3 Å². The van der Waals surface area contributed by atoms with Crippen LogP contribution >= 0.6 is 35.0 Å². The molecule has 0 spiro atoms. The van der Waals surface area contributed by atoms with E-state index in [-0.39, 0.29) is 18.2 Å². The molecule has 1 fully saturated rings. The molecule has 176 valence electrons. The van der Waals surface area contributed by atoms with Crippen molar-refractivity contribution in [3.05, 3.63) is 105 Å². The van der Waals surface area contributed by atoms with Crippen molar-refractivity contribution in [2.45, 2.75) is 18.9 Å². The van der Waals surface area contributed by atoms with Gasteiger partial charge in [0.05, 0.1) is 29.2 Å². The zero-order valence-electron chi connectivity index (χ0n) is 18.7. The first kappa shape index (κ1) is 23.6. The number of rotatable bonds is 5. The van der Waals surface area contributed by atoms with Crippen molar-refractivity contribution in [2.75, 3.05) is 17.4 Å². The third-order valence-corrected chi connectivity index (χ3v) is 7.71. The largest absolute Gasteiger partial charge is 0.489 e. The molecule has 5 nitrogen and oxygen atoms in total. The van der Waals surface area contributed by atoms with Crippen LogP contribution in [0.4, 0.5) is 5.69 Å². The Hall–Kier alpha value is -3.11. The second kappa shape index (κ2) is 10.2. The molecule has 1 unspecified atom stereocenters. The molecular formula is C27H21Cl2N3O2S. The van der Waals surface area contributed by atoms with Crippen LogP contribution in [0.1, 0.15) is 23.5 Å². The van der Waals surface area contributed by atoms with Crippen molar-refractivity contribution in [3.63, 3.8) is 0 Å². The van der Waals surface area contributed by atoms with Crippen LogP contribution in [0.25, 0.3) is 0 Å². The molecule has 0 radical (unpaired) electrons. The Bertz CT molecular complexity index is 1320. The number of nitrogens with zero attached hydrogens (tertiary/aromatic N) is 3. The third-order valence-electron chi connectivity index (χ3n) is 6.07. The summed E-state index contributed by atoms with van der Waals surface area (Å²) in [7, 11) is 0. The number of ether oxygens (including phenoxy) is 1. The highest BCUT2D eigenvalue weighted by Crippen LogP contribution is 2.43. The molecular weight excluding hydrogens is 501 g/mol. The Morgan fingerprint density at radius 3 is 2.51 bits per heavy atom. The van der Waals surface area contributed by atoms with Gasteiger partial charge in [-0.25, -0.2) is 0 Å². The molecule has 1 amide bonds. The van der Waals surface area contributed by atoms with Gasteiger partial charge in [-0.1, -0.05) is 65.3 Å². The van der Waals surface area contributed by atoms with Gasteiger partial charge in [-0.05, 0) is 53.6 Å². The lowest BCUT2D eigenvalue weighted by atomic mass is 9.86. The Kier molecular flexibility index (Phi) is 6.92. The van der Waals surface area contributed by atoms with Crippen molar-refractivity contribution in [1.29, 1.82) is 5.26 Å². The molecule has 2 heterocycles. The smallest absolute Gasteiger partial charge is 0.229 e. The summed E-state index contributed by atoms with van der Waals surface area (Å²) in [5, 5.41) is 12.1. The van der Waals surface area contributed by atoms with Crippen LogP contribution in [0.2, 0.25) is 10.0 Å². The minimum absolute atomic E-state index is 0.00583. The first-order valence-electron chi connectivity index (χ1n) is 11.1. The molecule has 1 saturated heterocycles. The van der Waals surface area contributed by atoms with E-state index in [9.17, 15) is 10.1 Å². The van der Waals surface area contributed by atoms with E-state index >= 15 is 0 Å². The maximum absolute atomic E-state index is 13.1. The highest BCUT2D eigenvalue weighted by molar-refractivity contribution is 8.03. The lowest BCUT2D eigenvalue weighted by Crippen LogP contribution is -2.47. The number of amides is 1. The first-order chi connectivity index (χ1) is 17.0. The van der Waals surface area contributed by atoms with Crippen LogP contribution in [0.3, 0.4) is 0 Å². The highest BCUT2D eigenvalue weighted by atomic mass is 35.5. The van der Waals surface area contributed by atoms with Gasteiger partial charge in [0.1, 0.15) is 12.4 Å². The summed E-state index contributed by atoms with van der Waals surface area (Å²) in [5.41, 5.74) is 3.54. The quantitative estimate of drug-likeness (QED) is 0.369. The van der Waals surface area contributed by atoms with E-state index < -0.39 is 0 Å². The van der Waals surface area contributed by atoms with E-state index in [1.165, 1.54) is 11.8 Å². The zero-order chi connectivity index (χ0) is 24.4. The standard InChI is InChI=1S/C27H21Cl2N3O2S/c28-20-8-4-18(5-9-20)15-34-23-10-6-19(7-11-23)24-13-26(33)32-16-31(17-35-27(32)25(24)14-30)22-3-1-2-21(29)12-22/h1-12,24H,13,15-17H2. The molecule has 0 saturated carbocycles. The minimum Gasteiger partial charge on any atom is -0.489 e. The topological polar surface area (TPSA) is 56.6 Å². The lowest BCUT2D eigenvalue weighted by molar-refractivity contribution is -0.129. The number of carbonyl (C=O) groups excluding carboxylic acids is 1. The number of hydrogen-bond acceptors (Lipinski definition) is 5. The number of halogens is 2. The van der Waals surface area contributed by atoms with Crippen molar-refractivity contribution >= 4 is 46.6 Å². The van der Waals surface area contributed by atoms with E-state index in [4.69, 9.17) is 27.9 Å². The average molecular weight is 522 g/mol. The molecule has 2 aliphatic heterocycles. The Labute approximate surface area is 218 Å². The number of nitriles is 1. The maximum Gasteiger partial charge on any atom is 0.229 e. The van der Waals surface area contributed by atoms with E-state index in [2.05, 4.69) is 11.0 Å². The van der Waals surface area contributed by atoms with Crippen LogP contribution in [-0.4, -0.2) is 23.4 Å². The molecule has 0 aromatic heterocycles. The van der Waals surface area contributed by atoms with Gasteiger partial charge < -0.3 is 9.64 Å². The van der Waals surface area contributed by atoms with Crippen LogP contribution in [0.15, 0.2) is 83.4 Å². The first-order valence-corrected chi connectivity index (χ1v) is 12.8. The Balaban J connectivity index is 1.32. The molecule has 0 N–H and O–H groups in total. The predicted molar refractivity (Wildman–Crippen MR) is 140 cm³/mol. The summed E-state index contributed by atoms with van der Waals surface area (Å²) in [5.74, 6) is 1.10. The van der Waals surface area contributed by atoms with Crippen LogP contribution < -0.4 is 9.64 Å². The number of carbonyl (C=O) groups is 1. The third kappa shape index (κ3) is 5.13. The number of fused-ring (bicyclic) bond motifs is 1. The van der Waals surface area contributed by atoms with E-state index in [1.807, 2.05) is 72.8 Å². The van der Waals surface area contributed by atoms with Gasteiger partial charge in [-0.3, -0.25) is 9.69 Å². The van der Waals surface area contributed by atoms with Crippen LogP contribution in [-0.2, 0) is 11.4 Å².